The van der Waals surface area contributed by atoms with Crippen LogP contribution in [0.25, 0.3) is 21.3 Å². The average Bonchev–Trinajstić information content (AvgIpc) is 4.01. The molecule has 0 N–H and O–H groups in total. The van der Waals surface area contributed by atoms with Gasteiger partial charge in [-0.2, -0.15) is 61.8 Å². The molecular weight excluding hydrogens is 863 g/mol. The molecule has 0 radical (unpaired) electrons. The monoisotopic (exact) mass is 924 g/mol. The smallest absolute Gasteiger partial charge is 0.0000681 e. The van der Waals surface area contributed by atoms with Gasteiger partial charge in [-0.15, -0.1) is 49.4 Å². The summed E-state index contributed by atoms with van der Waals surface area (Å²) in [7, 11) is 0. The first-order valence-electron chi connectivity index (χ1n) is 20.4. The third-order valence-corrected chi connectivity index (χ3v) is 9.87. The quantitative estimate of drug-likeness (QED) is 0.0867. The van der Waals surface area contributed by atoms with Crippen molar-refractivity contribution in [2.24, 2.45) is 0 Å². The molecule has 300 valence electrons. The van der Waals surface area contributed by atoms with Crippen molar-refractivity contribution in [2.75, 3.05) is 0 Å². The minimum atomic E-state index is -0.0803. The molecule has 0 saturated heterocycles. The SMILES string of the molecule is [CH2-]c1ccccc1.[CH2-]c1ccccc1.[Hf].c1ccc(C[N-]C([N-]C2CCCCC2)n2cccc2)cc1.c1ccc(C[N-]C([N-]C2CCCCC2)n2cccc2)cc1. The van der Waals surface area contributed by atoms with Gasteiger partial charge in [0.05, 0.1) is 0 Å². The molecule has 2 atom stereocenters. The molecule has 2 saturated carbocycles. The standard InChI is InChI=1S/2C18H23N3.2C7H7.Hf/c2*1-3-9-16(10-4-1)15-19-18(21-13-7-8-14-21)20-17-11-5-2-6-12-17;2*1-7-5-3-2-4-6-7;/h2*1,3-4,7-10,13-14,17-18H,2,5-6,11-12,15H2;2*2-6H,1H2;/q2*-2;2*-1;. The van der Waals surface area contributed by atoms with Crippen molar-refractivity contribution in [1.82, 2.24) is 9.13 Å². The molecule has 0 bridgehead atoms. The van der Waals surface area contributed by atoms with Gasteiger partial charge in [0, 0.05) is 50.6 Å². The molecule has 2 heterocycles. The molecule has 2 fully saturated rings. The van der Waals surface area contributed by atoms with E-state index in [4.69, 9.17) is 21.3 Å². The van der Waals surface area contributed by atoms with Gasteiger partial charge in [0.25, 0.3) is 0 Å². The zero-order chi connectivity index (χ0) is 38.9. The molecule has 8 rings (SSSR count). The van der Waals surface area contributed by atoms with Crippen LogP contribution in [0, 0.1) is 13.8 Å². The van der Waals surface area contributed by atoms with E-state index in [1.165, 1.54) is 75.3 Å². The number of hydrogen-bond donors (Lipinski definition) is 0. The Hall–Kier alpha value is -4.11. The first kappa shape index (κ1) is 45.6. The van der Waals surface area contributed by atoms with Crippen molar-refractivity contribution in [3.63, 3.8) is 0 Å². The van der Waals surface area contributed by atoms with Crippen molar-refractivity contribution in [3.05, 3.63) is 228 Å². The largest absolute Gasteiger partial charge is 0.658 e. The number of aromatic nitrogens is 2. The van der Waals surface area contributed by atoms with Gasteiger partial charge in [-0.3, -0.25) is 0 Å². The molecule has 6 aromatic rings. The van der Waals surface area contributed by atoms with Crippen LogP contribution in [0.15, 0.2) is 170 Å². The van der Waals surface area contributed by atoms with Gasteiger partial charge in [-0.1, -0.05) is 148 Å². The van der Waals surface area contributed by atoms with E-state index < -0.39 is 0 Å². The molecule has 2 unspecified atom stereocenters. The number of rotatable bonds is 12. The van der Waals surface area contributed by atoms with E-state index in [1.54, 1.807) is 0 Å². The summed E-state index contributed by atoms with van der Waals surface area (Å²) < 4.78 is 4.22. The van der Waals surface area contributed by atoms with Gasteiger partial charge < -0.3 is 30.4 Å². The summed E-state index contributed by atoms with van der Waals surface area (Å²) in [6.45, 7) is 8.89. The van der Waals surface area contributed by atoms with Crippen LogP contribution in [0.2, 0.25) is 0 Å². The summed E-state index contributed by atoms with van der Waals surface area (Å²) in [5, 5.41) is 19.6. The Bertz CT molecular complexity index is 1640. The zero-order valence-corrected chi connectivity index (χ0v) is 37.2. The van der Waals surface area contributed by atoms with Crippen LogP contribution in [0.4, 0.5) is 0 Å². The van der Waals surface area contributed by atoms with Crippen LogP contribution in [0.3, 0.4) is 0 Å². The zero-order valence-electron chi connectivity index (χ0n) is 33.6. The third kappa shape index (κ3) is 18.4. The van der Waals surface area contributed by atoms with Crippen LogP contribution in [0.1, 0.15) is 99.0 Å². The van der Waals surface area contributed by atoms with Gasteiger partial charge in [0.1, 0.15) is 0 Å². The van der Waals surface area contributed by atoms with Crippen molar-refractivity contribution in [2.45, 2.75) is 102 Å². The fraction of sp³-hybridized carbons (Fsp3) is 0.320. The van der Waals surface area contributed by atoms with Gasteiger partial charge in [0.15, 0.2) is 0 Å². The van der Waals surface area contributed by atoms with Gasteiger partial charge in [-0.05, 0) is 24.3 Å². The molecule has 2 aromatic heterocycles. The number of nitrogens with zero attached hydrogens (tertiary/aromatic N) is 6. The summed E-state index contributed by atoms with van der Waals surface area (Å²) in [6.07, 6.45) is 20.9. The van der Waals surface area contributed by atoms with Crippen LogP contribution >= 0.6 is 0 Å². The Morgan fingerprint density at radius 2 is 0.719 bits per heavy atom. The molecule has 2 aliphatic rings. The summed E-state index contributed by atoms with van der Waals surface area (Å²) in [4.78, 5) is 0. The first-order valence-corrected chi connectivity index (χ1v) is 20.4. The first-order chi connectivity index (χ1) is 27.6. The summed E-state index contributed by atoms with van der Waals surface area (Å²) in [5.41, 5.74) is 4.63. The van der Waals surface area contributed by atoms with Crippen LogP contribution < -0.4 is 0 Å². The Labute approximate surface area is 362 Å². The Balaban J connectivity index is 0.000000187. The fourth-order valence-corrected chi connectivity index (χ4v) is 6.77. The summed E-state index contributed by atoms with van der Waals surface area (Å²) in [5.74, 6) is 0. The van der Waals surface area contributed by atoms with Crippen molar-refractivity contribution >= 4 is 0 Å². The molecule has 0 aliphatic heterocycles. The normalized spacial score (nSPS) is 15.2. The van der Waals surface area contributed by atoms with E-state index in [0.717, 1.165) is 24.2 Å². The van der Waals surface area contributed by atoms with E-state index in [9.17, 15) is 0 Å². The minimum Gasteiger partial charge on any atom is -0.658 e. The molecule has 4 aromatic carbocycles. The van der Waals surface area contributed by atoms with E-state index in [-0.39, 0.29) is 38.4 Å². The molecule has 6 nitrogen and oxygen atoms in total. The second-order valence-electron chi connectivity index (χ2n) is 14.5. The van der Waals surface area contributed by atoms with Gasteiger partial charge in [0.2, 0.25) is 0 Å². The Morgan fingerprint density at radius 1 is 0.421 bits per heavy atom. The van der Waals surface area contributed by atoms with Crippen LogP contribution in [-0.4, -0.2) is 21.2 Å². The maximum absolute atomic E-state index is 4.99. The van der Waals surface area contributed by atoms with E-state index in [1.807, 2.05) is 97.1 Å². The Morgan fingerprint density at radius 3 is 1.00 bits per heavy atom. The predicted molar refractivity (Wildman–Crippen MR) is 236 cm³/mol. The molecule has 57 heavy (non-hydrogen) atoms. The Kier molecular flexibility index (Phi) is 22.0. The van der Waals surface area contributed by atoms with Gasteiger partial charge in [-0.25, -0.2) is 0 Å². The third-order valence-electron chi connectivity index (χ3n) is 9.87. The second kappa shape index (κ2) is 27.5. The maximum Gasteiger partial charge on any atom is 0.0000681 e. The number of hydrogen-bond acceptors (Lipinski definition) is 0. The fourth-order valence-electron chi connectivity index (χ4n) is 6.77. The topological polar surface area (TPSA) is 66.3 Å². The molecule has 2 aliphatic carbocycles. The van der Waals surface area contributed by atoms with Crippen molar-refractivity contribution in [3.8, 4) is 0 Å². The predicted octanol–water partition coefficient (Wildman–Crippen LogP) is 14.2. The molecule has 0 spiro atoms. The van der Waals surface area contributed by atoms with Gasteiger partial charge >= 0.3 is 0 Å². The second-order valence-corrected chi connectivity index (χ2v) is 14.5. The van der Waals surface area contributed by atoms with E-state index in [2.05, 4.69) is 96.3 Å². The van der Waals surface area contributed by atoms with Crippen LogP contribution in [-0.2, 0) is 38.9 Å². The summed E-state index contributed by atoms with van der Waals surface area (Å²) in [6, 6.07) is 49.7. The summed E-state index contributed by atoms with van der Waals surface area (Å²) >= 11 is 0. The molecule has 0 amide bonds. The van der Waals surface area contributed by atoms with Crippen molar-refractivity contribution in [1.29, 1.82) is 0 Å². The molecular formula is C50H60HfN6-6. The van der Waals surface area contributed by atoms with E-state index in [0.29, 0.717) is 12.1 Å². The van der Waals surface area contributed by atoms with Crippen LogP contribution in [0.5, 0.6) is 0 Å². The maximum atomic E-state index is 4.99. The average molecular weight is 924 g/mol. The number of benzene rings is 4. The molecule has 7 heteroatoms. The van der Waals surface area contributed by atoms with Crippen molar-refractivity contribution < 1.29 is 25.8 Å². The minimum absolute atomic E-state index is 0. The van der Waals surface area contributed by atoms with E-state index >= 15 is 0 Å².